The Bertz CT molecular complexity index is 935. The monoisotopic (exact) mass is 549 g/mol. The highest BCUT2D eigenvalue weighted by atomic mass is 16.6. The van der Waals surface area contributed by atoms with E-state index in [1.54, 1.807) is 48.5 Å². The molecule has 0 spiro atoms. The largest absolute Gasteiger partial charge is 0.485 e. The second-order valence-electron chi connectivity index (χ2n) is 12.0. The van der Waals surface area contributed by atoms with Gasteiger partial charge in [0.15, 0.2) is 12.1 Å². The summed E-state index contributed by atoms with van der Waals surface area (Å²) in [4.78, 5) is 40.5. The molecule has 0 radical (unpaired) electrons. The van der Waals surface area contributed by atoms with Crippen LogP contribution in [0, 0.1) is 0 Å². The topological polar surface area (TPSA) is 110 Å². The number of benzene rings is 1. The summed E-state index contributed by atoms with van der Waals surface area (Å²) in [6.07, 6.45) is -0.157. The fourth-order valence-electron chi connectivity index (χ4n) is 4.44. The van der Waals surface area contributed by atoms with Gasteiger partial charge >= 0.3 is 18.2 Å². The molecule has 2 aliphatic rings. The minimum Gasteiger partial charge on any atom is -0.485 e. The number of nitrogens with zero attached hydrogens (tertiary/aromatic N) is 1. The van der Waals surface area contributed by atoms with Gasteiger partial charge in [0.1, 0.15) is 29.2 Å². The highest BCUT2D eigenvalue weighted by Crippen LogP contribution is 2.28. The number of hydrogen-bond acceptors (Lipinski definition) is 9. The molecule has 10 nitrogen and oxygen atoms in total. The molecule has 0 unspecified atom stereocenters. The third kappa shape index (κ3) is 9.39. The Morgan fingerprint density at radius 1 is 0.897 bits per heavy atom. The van der Waals surface area contributed by atoms with Crippen LogP contribution in [0.2, 0.25) is 0 Å². The van der Waals surface area contributed by atoms with Crippen LogP contribution in [0.15, 0.2) is 30.3 Å². The van der Waals surface area contributed by atoms with Gasteiger partial charge in [-0.1, -0.05) is 31.0 Å². The number of carbonyl (C=O) groups excluding carboxylic acids is 3. The number of carbonyl (C=O) groups is 3. The number of amides is 2. The summed E-state index contributed by atoms with van der Waals surface area (Å²) in [6, 6.07) is 7.81. The Hall–Kier alpha value is -2.85. The lowest BCUT2D eigenvalue weighted by molar-refractivity contribution is -0.170. The van der Waals surface area contributed by atoms with Gasteiger partial charge in [-0.2, -0.15) is 4.90 Å². The summed E-state index contributed by atoms with van der Waals surface area (Å²) in [7, 11) is 0. The number of esters is 1. The lowest BCUT2D eigenvalue weighted by Crippen LogP contribution is -2.54. The molecule has 3 rings (SSSR count). The van der Waals surface area contributed by atoms with Crippen molar-refractivity contribution in [3.63, 3.8) is 0 Å². The third-order valence-corrected chi connectivity index (χ3v) is 6.14. The van der Waals surface area contributed by atoms with E-state index in [9.17, 15) is 14.4 Å². The van der Waals surface area contributed by atoms with Crippen LogP contribution in [0.1, 0.15) is 74.1 Å². The quantitative estimate of drug-likeness (QED) is 0.359. The fourth-order valence-corrected chi connectivity index (χ4v) is 4.44. The first kappa shape index (κ1) is 30.7. The van der Waals surface area contributed by atoms with Crippen molar-refractivity contribution in [2.45, 2.75) is 116 Å². The van der Waals surface area contributed by atoms with Crippen LogP contribution in [-0.2, 0) is 28.5 Å². The van der Waals surface area contributed by atoms with E-state index in [4.69, 9.17) is 28.4 Å². The molecule has 1 heterocycles. The first-order chi connectivity index (χ1) is 18.2. The SMILES string of the molecule is C[C@@H]1OC(=O)[C@@H](N(C(=O)OC(C)(C)C)C(=O)OC(C)(C)C)COC[C@H](Oc2ccccc2)[C@H]1OC1CCCC1. The maximum Gasteiger partial charge on any atom is 0.420 e. The van der Waals surface area contributed by atoms with Gasteiger partial charge in [-0.3, -0.25) is 0 Å². The highest BCUT2D eigenvalue weighted by Gasteiger charge is 2.45. The Morgan fingerprint density at radius 3 is 2.00 bits per heavy atom. The van der Waals surface area contributed by atoms with E-state index < -0.39 is 53.7 Å². The van der Waals surface area contributed by atoms with Crippen molar-refractivity contribution in [2.75, 3.05) is 13.2 Å². The lowest BCUT2D eigenvalue weighted by Gasteiger charge is -2.33. The molecule has 1 saturated carbocycles. The van der Waals surface area contributed by atoms with Crippen LogP contribution in [0.5, 0.6) is 5.75 Å². The van der Waals surface area contributed by atoms with Crippen LogP contribution in [0.4, 0.5) is 9.59 Å². The highest BCUT2D eigenvalue weighted by molar-refractivity contribution is 5.94. The van der Waals surface area contributed by atoms with Gasteiger partial charge < -0.3 is 28.4 Å². The predicted molar refractivity (Wildman–Crippen MR) is 142 cm³/mol. The van der Waals surface area contributed by atoms with Crippen LogP contribution in [0.3, 0.4) is 0 Å². The minimum absolute atomic E-state index is 0.00889. The molecular formula is C29H43NO9. The predicted octanol–water partition coefficient (Wildman–Crippen LogP) is 5.26. The molecule has 2 fully saturated rings. The number of rotatable bonds is 5. The molecule has 1 aliphatic heterocycles. The number of imide groups is 1. The third-order valence-electron chi connectivity index (χ3n) is 6.14. The molecule has 1 aromatic carbocycles. The zero-order chi connectivity index (χ0) is 28.8. The van der Waals surface area contributed by atoms with Gasteiger partial charge in [0.05, 0.1) is 19.3 Å². The molecule has 2 amide bonds. The lowest BCUT2D eigenvalue weighted by atomic mass is 10.1. The molecule has 0 N–H and O–H groups in total. The van der Waals surface area contributed by atoms with Gasteiger partial charge in [0.25, 0.3) is 0 Å². The average molecular weight is 550 g/mol. The van der Waals surface area contributed by atoms with Crippen molar-refractivity contribution >= 4 is 18.2 Å². The second kappa shape index (κ2) is 13.0. The van der Waals surface area contributed by atoms with Crippen LogP contribution >= 0.6 is 0 Å². The van der Waals surface area contributed by atoms with E-state index >= 15 is 0 Å². The molecule has 1 aromatic rings. The number of cyclic esters (lactones) is 1. The summed E-state index contributed by atoms with van der Waals surface area (Å²) < 4.78 is 35.4. The number of ether oxygens (including phenoxy) is 6. The molecule has 1 aliphatic carbocycles. The maximum atomic E-state index is 13.5. The Morgan fingerprint density at radius 2 is 1.46 bits per heavy atom. The second-order valence-corrected chi connectivity index (χ2v) is 12.0. The van der Waals surface area contributed by atoms with Crippen LogP contribution in [-0.4, -0.2) is 77.9 Å². The summed E-state index contributed by atoms with van der Waals surface area (Å²) >= 11 is 0. The van der Waals surface area contributed by atoms with Crippen molar-refractivity contribution in [3.8, 4) is 5.75 Å². The van der Waals surface area contributed by atoms with Crippen molar-refractivity contribution in [2.24, 2.45) is 0 Å². The van der Waals surface area contributed by atoms with Gasteiger partial charge in [-0.25, -0.2) is 14.4 Å². The summed E-state index contributed by atoms with van der Waals surface area (Å²) in [5.74, 6) is -0.218. The van der Waals surface area contributed by atoms with Gasteiger partial charge in [-0.15, -0.1) is 0 Å². The smallest absolute Gasteiger partial charge is 0.420 e. The van der Waals surface area contributed by atoms with Crippen molar-refractivity contribution in [1.82, 2.24) is 4.90 Å². The molecule has 0 aromatic heterocycles. The molecule has 10 heteroatoms. The van der Waals surface area contributed by atoms with Gasteiger partial charge in [0.2, 0.25) is 0 Å². The van der Waals surface area contributed by atoms with E-state index in [0.29, 0.717) is 10.6 Å². The van der Waals surface area contributed by atoms with Gasteiger partial charge in [-0.05, 0) is 73.4 Å². The van der Waals surface area contributed by atoms with E-state index in [2.05, 4.69) is 0 Å². The summed E-state index contributed by atoms with van der Waals surface area (Å²) in [5.41, 5.74) is -1.86. The Labute approximate surface area is 231 Å². The van der Waals surface area contributed by atoms with Crippen LogP contribution in [0.25, 0.3) is 0 Å². The van der Waals surface area contributed by atoms with Crippen molar-refractivity contribution in [3.05, 3.63) is 30.3 Å². The van der Waals surface area contributed by atoms with E-state index in [-0.39, 0.29) is 19.3 Å². The zero-order valence-corrected chi connectivity index (χ0v) is 24.1. The Balaban J connectivity index is 1.90. The number of hydrogen-bond donors (Lipinski definition) is 0. The average Bonchev–Trinajstić information content (AvgIpc) is 3.33. The standard InChI is InChI=1S/C29H43NO9/c1-19-24(37-21-15-11-12-16-21)23(36-20-13-9-8-10-14-20)18-34-17-22(25(31)35-19)30(26(32)38-28(2,3)4)27(33)39-29(5,6)7/h8-10,13-14,19,21-24H,11-12,15-18H2,1-7H3/t19-,22-,23-,24-/m0/s1. The Kier molecular flexibility index (Phi) is 10.2. The fraction of sp³-hybridized carbons (Fsp3) is 0.690. The number of para-hydroxylation sites is 1. The molecular weight excluding hydrogens is 506 g/mol. The summed E-state index contributed by atoms with van der Waals surface area (Å²) in [6.45, 7) is 11.4. The zero-order valence-electron chi connectivity index (χ0n) is 24.1. The molecule has 4 atom stereocenters. The first-order valence-corrected chi connectivity index (χ1v) is 13.6. The molecule has 0 bridgehead atoms. The van der Waals surface area contributed by atoms with Gasteiger partial charge in [0, 0.05) is 0 Å². The minimum atomic E-state index is -1.44. The van der Waals surface area contributed by atoms with E-state index in [1.165, 1.54) is 0 Å². The first-order valence-electron chi connectivity index (χ1n) is 13.6. The molecule has 1 saturated heterocycles. The van der Waals surface area contributed by atoms with E-state index in [0.717, 1.165) is 25.7 Å². The molecule has 39 heavy (non-hydrogen) atoms. The summed E-state index contributed by atoms with van der Waals surface area (Å²) in [5, 5.41) is 0. The normalized spacial score (nSPS) is 25.1. The van der Waals surface area contributed by atoms with E-state index in [1.807, 2.05) is 30.3 Å². The van der Waals surface area contributed by atoms with Crippen molar-refractivity contribution in [1.29, 1.82) is 0 Å². The van der Waals surface area contributed by atoms with Crippen molar-refractivity contribution < 1.29 is 42.8 Å². The molecule has 218 valence electrons. The van der Waals surface area contributed by atoms with Crippen LogP contribution < -0.4 is 4.74 Å². The maximum absolute atomic E-state index is 13.5.